The number of benzene rings is 3. The lowest BCUT2D eigenvalue weighted by molar-refractivity contribution is 0.102. The maximum absolute atomic E-state index is 13.0. The summed E-state index contributed by atoms with van der Waals surface area (Å²) in [7, 11) is -7.79. The average Bonchev–Trinajstić information content (AvgIpc) is 2.85. The summed E-state index contributed by atoms with van der Waals surface area (Å²) in [6.45, 7) is 5.21. The van der Waals surface area contributed by atoms with Crippen LogP contribution in [0.1, 0.15) is 27.2 Å². The fraction of sp³-hybridized carbons (Fsp3) is 0.115. The molecule has 3 aromatic carbocycles. The molecule has 0 aliphatic rings. The summed E-state index contributed by atoms with van der Waals surface area (Å²) in [5, 5.41) is 2.71. The normalized spacial score (nSPS) is 11.6. The number of hydrogen-bond acceptors (Lipinski definition) is 7. The molecule has 4 aromatic rings. The van der Waals surface area contributed by atoms with Gasteiger partial charge in [-0.3, -0.25) is 9.52 Å². The summed E-state index contributed by atoms with van der Waals surface area (Å²) in [4.78, 5) is 21.0. The van der Waals surface area contributed by atoms with Crippen molar-refractivity contribution in [1.29, 1.82) is 0 Å². The molecular weight excluding hydrogens is 526 g/mol. The highest BCUT2D eigenvalue weighted by atomic mass is 32.2. The lowest BCUT2D eigenvalue weighted by Gasteiger charge is -2.14. The number of nitrogens with zero attached hydrogens (tertiary/aromatic N) is 2. The van der Waals surface area contributed by atoms with Gasteiger partial charge in [0.2, 0.25) is 5.95 Å². The van der Waals surface area contributed by atoms with Gasteiger partial charge >= 0.3 is 0 Å². The monoisotopic (exact) mass is 551 g/mol. The van der Waals surface area contributed by atoms with Crippen molar-refractivity contribution >= 4 is 43.3 Å². The van der Waals surface area contributed by atoms with E-state index < -0.39 is 26.0 Å². The van der Waals surface area contributed by atoms with Crippen molar-refractivity contribution in [2.24, 2.45) is 0 Å². The third kappa shape index (κ3) is 6.15. The van der Waals surface area contributed by atoms with Crippen molar-refractivity contribution < 1.29 is 21.6 Å². The van der Waals surface area contributed by atoms with Gasteiger partial charge in [0.1, 0.15) is 0 Å². The molecule has 0 unspecified atom stereocenters. The van der Waals surface area contributed by atoms with Crippen LogP contribution in [0.4, 0.5) is 17.3 Å². The zero-order valence-corrected chi connectivity index (χ0v) is 22.4. The summed E-state index contributed by atoms with van der Waals surface area (Å²) in [5.74, 6) is -0.531. The molecule has 0 saturated heterocycles. The fourth-order valence-electron chi connectivity index (χ4n) is 3.51. The number of aromatic nitrogens is 2. The van der Waals surface area contributed by atoms with Crippen molar-refractivity contribution in [2.45, 2.75) is 30.6 Å². The minimum atomic E-state index is -3.94. The second-order valence-corrected chi connectivity index (χ2v) is 11.9. The number of aryl methyl sites for hydroxylation is 2. The van der Waals surface area contributed by atoms with E-state index in [9.17, 15) is 21.6 Å². The molecule has 1 amide bonds. The standard InChI is InChI=1S/C26H25N5O5S2/c1-17-7-11-21(12-8-17)37(33,34)30-24-6-4-5-23(19(24)3)25(32)29-20-9-13-22(14-10-20)38(35,36)31-26-27-16-15-18(2)28-26/h4-16,30H,1-3H3,(H,29,32)(H,27,28,31). The maximum atomic E-state index is 13.0. The smallest absolute Gasteiger partial charge is 0.264 e. The number of anilines is 3. The van der Waals surface area contributed by atoms with E-state index in [0.717, 1.165) is 5.56 Å². The quantitative estimate of drug-likeness (QED) is 0.296. The molecule has 12 heteroatoms. The van der Waals surface area contributed by atoms with Gasteiger partial charge in [0, 0.05) is 23.1 Å². The van der Waals surface area contributed by atoms with Crippen LogP contribution in [-0.2, 0) is 20.0 Å². The lowest BCUT2D eigenvalue weighted by Crippen LogP contribution is -2.17. The number of rotatable bonds is 8. The molecule has 1 heterocycles. The summed E-state index contributed by atoms with van der Waals surface area (Å²) in [6, 6.07) is 18.4. The third-order valence-corrected chi connectivity index (χ3v) is 8.32. The Labute approximate surface area is 221 Å². The van der Waals surface area contributed by atoms with Crippen molar-refractivity contribution in [3.8, 4) is 0 Å². The highest BCUT2D eigenvalue weighted by Gasteiger charge is 2.19. The van der Waals surface area contributed by atoms with Crippen LogP contribution in [0.15, 0.2) is 88.8 Å². The molecule has 0 saturated carbocycles. The first-order chi connectivity index (χ1) is 17.9. The zero-order chi connectivity index (χ0) is 27.5. The highest BCUT2D eigenvalue weighted by Crippen LogP contribution is 2.24. The molecule has 0 bridgehead atoms. The predicted molar refractivity (Wildman–Crippen MR) is 145 cm³/mol. The van der Waals surface area contributed by atoms with Crippen LogP contribution >= 0.6 is 0 Å². The Bertz CT molecular complexity index is 1700. The second kappa shape index (κ2) is 10.6. The fourth-order valence-corrected chi connectivity index (χ4v) is 5.58. The van der Waals surface area contributed by atoms with E-state index in [1.54, 1.807) is 50.2 Å². The number of nitrogens with one attached hydrogen (secondary N) is 3. The highest BCUT2D eigenvalue weighted by molar-refractivity contribution is 7.93. The Kier molecular flexibility index (Phi) is 7.46. The van der Waals surface area contributed by atoms with Gasteiger partial charge in [-0.2, -0.15) is 0 Å². The van der Waals surface area contributed by atoms with Gasteiger partial charge in [0.05, 0.1) is 15.5 Å². The van der Waals surface area contributed by atoms with Gasteiger partial charge in [0.25, 0.3) is 26.0 Å². The molecular formula is C26H25N5O5S2. The Morgan fingerprint density at radius 3 is 1.97 bits per heavy atom. The van der Waals surface area contributed by atoms with Gasteiger partial charge in [-0.15, -0.1) is 0 Å². The van der Waals surface area contributed by atoms with Crippen LogP contribution < -0.4 is 14.8 Å². The number of carbonyl (C=O) groups excluding carboxylic acids is 1. The second-order valence-electron chi connectivity index (χ2n) is 8.50. The van der Waals surface area contributed by atoms with Gasteiger partial charge in [-0.25, -0.2) is 31.5 Å². The first-order valence-corrected chi connectivity index (χ1v) is 14.3. The van der Waals surface area contributed by atoms with Crippen LogP contribution in [0.25, 0.3) is 0 Å². The van der Waals surface area contributed by atoms with Gasteiger partial charge < -0.3 is 5.32 Å². The Balaban J connectivity index is 1.49. The van der Waals surface area contributed by atoms with Crippen molar-refractivity contribution in [2.75, 3.05) is 14.8 Å². The molecule has 3 N–H and O–H groups in total. The van der Waals surface area contributed by atoms with Crippen molar-refractivity contribution in [1.82, 2.24) is 9.97 Å². The zero-order valence-electron chi connectivity index (χ0n) is 20.8. The van der Waals surface area contributed by atoms with E-state index in [1.165, 1.54) is 42.6 Å². The van der Waals surface area contributed by atoms with E-state index in [-0.39, 0.29) is 27.0 Å². The Morgan fingerprint density at radius 1 is 0.737 bits per heavy atom. The largest absolute Gasteiger partial charge is 0.322 e. The molecule has 0 fully saturated rings. The van der Waals surface area contributed by atoms with Crippen LogP contribution in [0.5, 0.6) is 0 Å². The summed E-state index contributed by atoms with van der Waals surface area (Å²) >= 11 is 0. The van der Waals surface area contributed by atoms with E-state index in [2.05, 4.69) is 24.7 Å². The van der Waals surface area contributed by atoms with Crippen LogP contribution in [0, 0.1) is 20.8 Å². The minimum Gasteiger partial charge on any atom is -0.322 e. The molecule has 0 aliphatic heterocycles. The maximum Gasteiger partial charge on any atom is 0.264 e. The van der Waals surface area contributed by atoms with Crippen molar-refractivity contribution in [3.63, 3.8) is 0 Å². The SMILES string of the molecule is Cc1ccc(S(=O)(=O)Nc2cccc(C(=O)Nc3ccc(S(=O)(=O)Nc4nccc(C)n4)cc3)c2C)cc1. The first-order valence-electron chi connectivity index (χ1n) is 11.4. The molecule has 10 nitrogen and oxygen atoms in total. The Hall–Kier alpha value is -4.29. The van der Waals surface area contributed by atoms with Crippen LogP contribution in [0.2, 0.25) is 0 Å². The van der Waals surface area contributed by atoms with E-state index in [0.29, 0.717) is 16.9 Å². The van der Waals surface area contributed by atoms with E-state index >= 15 is 0 Å². The molecule has 0 aliphatic carbocycles. The number of sulfonamides is 2. The van der Waals surface area contributed by atoms with Crippen LogP contribution in [0.3, 0.4) is 0 Å². The molecule has 38 heavy (non-hydrogen) atoms. The summed E-state index contributed by atoms with van der Waals surface area (Å²) in [5.41, 5.74) is 2.85. The molecule has 0 atom stereocenters. The first kappa shape index (κ1) is 26.8. The molecule has 0 radical (unpaired) electrons. The Morgan fingerprint density at radius 2 is 1.34 bits per heavy atom. The topological polar surface area (TPSA) is 147 Å². The number of amides is 1. The average molecular weight is 552 g/mol. The summed E-state index contributed by atoms with van der Waals surface area (Å²) in [6.07, 6.45) is 1.45. The minimum absolute atomic E-state index is 0.0377. The van der Waals surface area contributed by atoms with E-state index in [1.807, 2.05) is 6.92 Å². The number of carbonyl (C=O) groups is 1. The molecule has 1 aromatic heterocycles. The van der Waals surface area contributed by atoms with Gasteiger partial charge in [-0.05, 0) is 80.9 Å². The summed E-state index contributed by atoms with van der Waals surface area (Å²) < 4.78 is 55.8. The molecule has 0 spiro atoms. The van der Waals surface area contributed by atoms with Crippen molar-refractivity contribution in [3.05, 3.63) is 101 Å². The van der Waals surface area contributed by atoms with Gasteiger partial charge in [0.15, 0.2) is 0 Å². The predicted octanol–water partition coefficient (Wildman–Crippen LogP) is 4.26. The van der Waals surface area contributed by atoms with Crippen LogP contribution in [-0.4, -0.2) is 32.7 Å². The molecule has 4 rings (SSSR count). The third-order valence-electron chi connectivity index (χ3n) is 5.60. The van der Waals surface area contributed by atoms with E-state index in [4.69, 9.17) is 0 Å². The number of hydrogen-bond donors (Lipinski definition) is 3. The lowest BCUT2D eigenvalue weighted by atomic mass is 10.1. The molecule has 196 valence electrons. The van der Waals surface area contributed by atoms with Gasteiger partial charge in [-0.1, -0.05) is 23.8 Å².